The van der Waals surface area contributed by atoms with Gasteiger partial charge in [-0.1, -0.05) is 51.1 Å². The number of carbonyl (C=O) groups excluding carboxylic acids is 4. The van der Waals surface area contributed by atoms with Crippen LogP contribution in [0, 0.1) is 5.41 Å². The standard InChI is InChI=1S/C24H37N5O4/c1-16(21(31)28(6)15-17-11-8-7-9-12-17)26-23(33)27-19(24(2,3)4)22(32)29-14-10-13-18(29)20(30)25-5/h7-9,11-12,16,18-19H,10,13-15H2,1-6H3,(H,25,30)(H2,26,27,33). The Balaban J connectivity index is 2.02. The number of rotatable bonds is 7. The largest absolute Gasteiger partial charge is 0.357 e. The third-order valence-electron chi connectivity index (χ3n) is 5.83. The molecule has 9 heteroatoms. The Hall–Kier alpha value is -3.10. The monoisotopic (exact) mass is 459 g/mol. The second-order valence-electron chi connectivity index (χ2n) is 9.62. The zero-order valence-electron chi connectivity index (χ0n) is 20.5. The zero-order valence-corrected chi connectivity index (χ0v) is 20.5. The van der Waals surface area contributed by atoms with Crippen LogP contribution in [-0.4, -0.2) is 72.3 Å². The average Bonchev–Trinajstić information content (AvgIpc) is 3.25. The van der Waals surface area contributed by atoms with Gasteiger partial charge in [0.25, 0.3) is 0 Å². The van der Waals surface area contributed by atoms with Crippen molar-refractivity contribution in [3.8, 4) is 0 Å². The summed E-state index contributed by atoms with van der Waals surface area (Å²) in [6.45, 7) is 8.05. The van der Waals surface area contributed by atoms with Crippen molar-refractivity contribution in [2.75, 3.05) is 20.6 Å². The van der Waals surface area contributed by atoms with Crippen LogP contribution >= 0.6 is 0 Å². The van der Waals surface area contributed by atoms with E-state index in [0.717, 1.165) is 12.0 Å². The van der Waals surface area contributed by atoms with Crippen LogP contribution in [0.4, 0.5) is 4.79 Å². The van der Waals surface area contributed by atoms with Gasteiger partial charge in [0, 0.05) is 27.2 Å². The Morgan fingerprint density at radius 3 is 2.33 bits per heavy atom. The smallest absolute Gasteiger partial charge is 0.316 e. The van der Waals surface area contributed by atoms with Crippen LogP contribution in [0.2, 0.25) is 0 Å². The first kappa shape index (κ1) is 26.2. The molecule has 0 bridgehead atoms. The molecule has 0 aliphatic carbocycles. The van der Waals surface area contributed by atoms with Gasteiger partial charge in [0.15, 0.2) is 0 Å². The molecule has 33 heavy (non-hydrogen) atoms. The number of hydrogen-bond donors (Lipinski definition) is 3. The predicted octanol–water partition coefficient (Wildman–Crippen LogP) is 1.48. The minimum Gasteiger partial charge on any atom is -0.357 e. The number of likely N-dealkylation sites (tertiary alicyclic amines) is 1. The quantitative estimate of drug-likeness (QED) is 0.574. The molecule has 1 saturated heterocycles. The highest BCUT2D eigenvalue weighted by atomic mass is 16.2. The molecule has 0 saturated carbocycles. The molecule has 1 aromatic carbocycles. The number of nitrogens with zero attached hydrogens (tertiary/aromatic N) is 2. The minimum atomic E-state index is -0.855. The van der Waals surface area contributed by atoms with Gasteiger partial charge in [0.05, 0.1) is 0 Å². The third-order valence-corrected chi connectivity index (χ3v) is 5.83. The second-order valence-corrected chi connectivity index (χ2v) is 9.62. The van der Waals surface area contributed by atoms with Crippen molar-refractivity contribution in [1.82, 2.24) is 25.8 Å². The van der Waals surface area contributed by atoms with Crippen molar-refractivity contribution in [1.29, 1.82) is 0 Å². The summed E-state index contributed by atoms with van der Waals surface area (Å²) in [6, 6.07) is 6.80. The van der Waals surface area contributed by atoms with Gasteiger partial charge in [-0.15, -0.1) is 0 Å². The molecule has 0 spiro atoms. The van der Waals surface area contributed by atoms with Crippen LogP contribution < -0.4 is 16.0 Å². The van der Waals surface area contributed by atoms with Crippen molar-refractivity contribution in [3.63, 3.8) is 0 Å². The summed E-state index contributed by atoms with van der Waals surface area (Å²) in [5.41, 5.74) is 0.390. The predicted molar refractivity (Wildman–Crippen MR) is 126 cm³/mol. The van der Waals surface area contributed by atoms with E-state index in [2.05, 4.69) is 16.0 Å². The van der Waals surface area contributed by atoms with E-state index in [0.29, 0.717) is 19.5 Å². The molecule has 1 aliphatic heterocycles. The molecule has 2 rings (SSSR count). The molecule has 0 aromatic heterocycles. The first-order valence-corrected chi connectivity index (χ1v) is 11.3. The third kappa shape index (κ3) is 6.94. The summed E-state index contributed by atoms with van der Waals surface area (Å²) in [5, 5.41) is 7.99. The topological polar surface area (TPSA) is 111 Å². The molecule has 1 aromatic rings. The highest BCUT2D eigenvalue weighted by Gasteiger charge is 2.41. The summed E-state index contributed by atoms with van der Waals surface area (Å²) in [6.07, 6.45) is 1.32. The van der Waals surface area contributed by atoms with Crippen LogP contribution in [0.1, 0.15) is 46.1 Å². The highest BCUT2D eigenvalue weighted by molar-refractivity contribution is 5.93. The Morgan fingerprint density at radius 1 is 1.12 bits per heavy atom. The lowest BCUT2D eigenvalue weighted by molar-refractivity contribution is -0.141. The zero-order chi connectivity index (χ0) is 24.8. The lowest BCUT2D eigenvalue weighted by Gasteiger charge is -2.35. The number of nitrogens with one attached hydrogen (secondary N) is 3. The minimum absolute atomic E-state index is 0.210. The van der Waals surface area contributed by atoms with Crippen molar-refractivity contribution in [2.45, 2.75) is 65.2 Å². The number of benzene rings is 1. The highest BCUT2D eigenvalue weighted by Crippen LogP contribution is 2.25. The SMILES string of the molecule is CNC(=O)C1CCCN1C(=O)C(NC(=O)NC(C)C(=O)N(C)Cc1ccccc1)C(C)(C)C. The summed E-state index contributed by atoms with van der Waals surface area (Å²) >= 11 is 0. The summed E-state index contributed by atoms with van der Waals surface area (Å²) < 4.78 is 0. The fourth-order valence-electron chi connectivity index (χ4n) is 3.98. The van der Waals surface area contributed by atoms with Crippen LogP contribution in [0.3, 0.4) is 0 Å². The Labute approximate surface area is 196 Å². The molecule has 1 heterocycles. The molecule has 182 valence electrons. The molecule has 1 aliphatic rings. The first-order valence-electron chi connectivity index (χ1n) is 11.3. The average molecular weight is 460 g/mol. The number of hydrogen-bond acceptors (Lipinski definition) is 4. The van der Waals surface area contributed by atoms with Crippen LogP contribution in [-0.2, 0) is 20.9 Å². The lowest BCUT2D eigenvalue weighted by Crippen LogP contribution is -2.60. The Morgan fingerprint density at radius 2 is 1.76 bits per heavy atom. The van der Waals surface area contributed by atoms with E-state index in [9.17, 15) is 19.2 Å². The Kier molecular flexibility index (Phi) is 8.84. The Bertz CT molecular complexity index is 852. The van der Waals surface area contributed by atoms with E-state index in [1.54, 1.807) is 25.9 Å². The molecule has 5 amide bonds. The van der Waals surface area contributed by atoms with E-state index in [1.165, 1.54) is 4.90 Å². The van der Waals surface area contributed by atoms with Gasteiger partial charge in [-0.05, 0) is 30.7 Å². The van der Waals surface area contributed by atoms with Crippen LogP contribution in [0.25, 0.3) is 0 Å². The first-order chi connectivity index (χ1) is 15.5. The van der Waals surface area contributed by atoms with Gasteiger partial charge in [-0.2, -0.15) is 0 Å². The fourth-order valence-corrected chi connectivity index (χ4v) is 3.98. The van der Waals surface area contributed by atoms with Gasteiger partial charge in [0.1, 0.15) is 18.1 Å². The maximum Gasteiger partial charge on any atom is 0.316 e. The van der Waals surface area contributed by atoms with Crippen LogP contribution in [0.5, 0.6) is 0 Å². The van der Waals surface area contributed by atoms with Gasteiger partial charge in [-0.25, -0.2) is 4.79 Å². The van der Waals surface area contributed by atoms with Crippen molar-refractivity contribution < 1.29 is 19.2 Å². The molecular weight excluding hydrogens is 422 g/mol. The molecule has 3 N–H and O–H groups in total. The number of urea groups is 1. The molecule has 9 nitrogen and oxygen atoms in total. The number of amides is 5. The van der Waals surface area contributed by atoms with E-state index in [1.807, 2.05) is 51.1 Å². The van der Waals surface area contributed by atoms with Gasteiger partial charge in [-0.3, -0.25) is 14.4 Å². The lowest BCUT2D eigenvalue weighted by atomic mass is 9.85. The van der Waals surface area contributed by atoms with E-state index >= 15 is 0 Å². The van der Waals surface area contributed by atoms with E-state index < -0.39 is 29.6 Å². The van der Waals surface area contributed by atoms with Crippen molar-refractivity contribution in [3.05, 3.63) is 35.9 Å². The summed E-state index contributed by atoms with van der Waals surface area (Å²) in [7, 11) is 3.22. The van der Waals surface area contributed by atoms with Gasteiger partial charge >= 0.3 is 6.03 Å². The van der Waals surface area contributed by atoms with Crippen molar-refractivity contribution in [2.24, 2.45) is 5.41 Å². The second kappa shape index (κ2) is 11.2. The van der Waals surface area contributed by atoms with E-state index in [4.69, 9.17) is 0 Å². The van der Waals surface area contributed by atoms with Gasteiger partial charge in [0.2, 0.25) is 17.7 Å². The van der Waals surface area contributed by atoms with E-state index in [-0.39, 0.29) is 17.7 Å². The fraction of sp³-hybridized carbons (Fsp3) is 0.583. The number of carbonyl (C=O) groups is 4. The van der Waals surface area contributed by atoms with Gasteiger partial charge < -0.3 is 25.8 Å². The van der Waals surface area contributed by atoms with Crippen molar-refractivity contribution >= 4 is 23.8 Å². The van der Waals surface area contributed by atoms with Crippen LogP contribution in [0.15, 0.2) is 30.3 Å². The molecule has 1 fully saturated rings. The number of likely N-dealkylation sites (N-methyl/N-ethyl adjacent to an activating group) is 2. The molecule has 0 radical (unpaired) electrons. The summed E-state index contributed by atoms with van der Waals surface area (Å²) in [4.78, 5) is 54.1. The maximum atomic E-state index is 13.3. The normalized spacial score (nSPS) is 17.6. The molecule has 3 atom stereocenters. The maximum absolute atomic E-state index is 13.3. The molecular formula is C24H37N5O4. The molecule has 3 unspecified atom stereocenters. The summed E-state index contributed by atoms with van der Waals surface area (Å²) in [5.74, 6) is -0.755.